The smallest absolute Gasteiger partial charge is 0.326 e. The molecule has 0 aliphatic carbocycles. The number of carboxylic acid groups (broad SMARTS) is 1. The van der Waals surface area contributed by atoms with Crippen LogP contribution < -0.4 is 27.4 Å². The van der Waals surface area contributed by atoms with Crippen LogP contribution in [0.2, 0.25) is 0 Å². The molecule has 0 saturated carbocycles. The van der Waals surface area contributed by atoms with Crippen molar-refractivity contribution in [1.82, 2.24) is 16.0 Å². The fraction of sp³-hybridized carbons (Fsp3) is 0.706. The van der Waals surface area contributed by atoms with Gasteiger partial charge in [0, 0.05) is 12.2 Å². The maximum atomic E-state index is 12.6. The van der Waals surface area contributed by atoms with Gasteiger partial charge in [-0.1, -0.05) is 13.8 Å². The number of aliphatic carboxylic acids is 1. The number of amides is 4. The van der Waals surface area contributed by atoms with Crippen LogP contribution in [0.4, 0.5) is 0 Å². The zero-order valence-corrected chi connectivity index (χ0v) is 17.9. The van der Waals surface area contributed by atoms with Gasteiger partial charge in [0.25, 0.3) is 0 Å². The summed E-state index contributed by atoms with van der Waals surface area (Å²) in [6.45, 7) is 2.93. The molecule has 30 heavy (non-hydrogen) atoms. The molecule has 0 spiro atoms. The summed E-state index contributed by atoms with van der Waals surface area (Å²) < 4.78 is 0. The van der Waals surface area contributed by atoms with Gasteiger partial charge in [-0.2, -0.15) is 12.6 Å². The second-order valence-electron chi connectivity index (χ2n) is 7.13. The van der Waals surface area contributed by atoms with Gasteiger partial charge in [0.1, 0.15) is 24.2 Å². The Bertz CT molecular complexity index is 632. The van der Waals surface area contributed by atoms with Crippen molar-refractivity contribution in [3.63, 3.8) is 0 Å². The largest absolute Gasteiger partial charge is 0.480 e. The second-order valence-corrected chi connectivity index (χ2v) is 7.49. The van der Waals surface area contributed by atoms with Crippen LogP contribution in [0.1, 0.15) is 33.1 Å². The molecule has 0 rings (SSSR count). The third-order valence-corrected chi connectivity index (χ3v) is 4.35. The minimum absolute atomic E-state index is 0.000399. The standard InChI is InChI=1S/C17H31N5O7S/c1-8(2)5-11(17(28)29)21-16(27)12(7-30)22-15(26)10(3-4-13(19)24)20-14(25)9(18)6-23/h8-12,23,30H,3-7,18H2,1-2H3,(H2,19,24)(H,20,25)(H,21,27)(H,22,26)(H,28,29). The number of nitrogens with one attached hydrogen (secondary N) is 3. The first-order valence-electron chi connectivity index (χ1n) is 9.32. The number of carboxylic acids is 1. The van der Waals surface area contributed by atoms with E-state index in [0.717, 1.165) is 0 Å². The molecule has 4 atom stereocenters. The number of aliphatic hydroxyl groups excluding tert-OH is 1. The number of thiol groups is 1. The highest BCUT2D eigenvalue weighted by molar-refractivity contribution is 7.80. The molecule has 0 aromatic rings. The summed E-state index contributed by atoms with van der Waals surface area (Å²) >= 11 is 4.01. The Morgan fingerprint density at radius 3 is 1.87 bits per heavy atom. The van der Waals surface area contributed by atoms with Gasteiger partial charge in [0.15, 0.2) is 0 Å². The second kappa shape index (κ2) is 13.8. The van der Waals surface area contributed by atoms with E-state index in [2.05, 4.69) is 28.6 Å². The van der Waals surface area contributed by atoms with Gasteiger partial charge >= 0.3 is 5.97 Å². The Labute approximate surface area is 179 Å². The summed E-state index contributed by atoms with van der Waals surface area (Å²) in [5.41, 5.74) is 10.5. The molecule has 0 aromatic carbocycles. The normalized spacial score (nSPS) is 14.9. The Morgan fingerprint density at radius 2 is 1.43 bits per heavy atom. The van der Waals surface area contributed by atoms with E-state index >= 15 is 0 Å². The molecular weight excluding hydrogens is 418 g/mol. The molecule has 9 N–H and O–H groups in total. The molecule has 0 fully saturated rings. The van der Waals surface area contributed by atoms with E-state index in [4.69, 9.17) is 16.6 Å². The zero-order chi connectivity index (χ0) is 23.4. The van der Waals surface area contributed by atoms with Crippen molar-refractivity contribution in [2.45, 2.75) is 57.3 Å². The van der Waals surface area contributed by atoms with E-state index in [-0.39, 0.29) is 30.9 Å². The van der Waals surface area contributed by atoms with Crippen LogP contribution in [-0.4, -0.2) is 76.3 Å². The van der Waals surface area contributed by atoms with Gasteiger partial charge in [-0.3, -0.25) is 19.2 Å². The van der Waals surface area contributed by atoms with Gasteiger partial charge in [0.05, 0.1) is 6.61 Å². The number of aliphatic hydroxyl groups is 1. The Hall–Kier alpha value is -2.38. The first-order valence-corrected chi connectivity index (χ1v) is 9.95. The van der Waals surface area contributed by atoms with Gasteiger partial charge in [-0.05, 0) is 18.8 Å². The molecule has 172 valence electrons. The molecule has 0 heterocycles. The summed E-state index contributed by atoms with van der Waals surface area (Å²) in [6.07, 6.45) is -0.221. The van der Waals surface area contributed by atoms with Crippen LogP contribution in [0.25, 0.3) is 0 Å². The highest BCUT2D eigenvalue weighted by Gasteiger charge is 2.30. The maximum absolute atomic E-state index is 12.6. The molecule has 0 radical (unpaired) electrons. The Kier molecular flexibility index (Phi) is 12.7. The average molecular weight is 450 g/mol. The maximum Gasteiger partial charge on any atom is 0.326 e. The van der Waals surface area contributed by atoms with Crippen LogP contribution >= 0.6 is 12.6 Å². The third kappa shape index (κ3) is 10.4. The van der Waals surface area contributed by atoms with Crippen molar-refractivity contribution in [2.75, 3.05) is 12.4 Å². The lowest BCUT2D eigenvalue weighted by Gasteiger charge is -2.24. The van der Waals surface area contributed by atoms with E-state index in [1.165, 1.54) is 0 Å². The first kappa shape index (κ1) is 27.6. The van der Waals surface area contributed by atoms with Gasteiger partial charge in [-0.15, -0.1) is 0 Å². The number of carbonyl (C=O) groups is 5. The van der Waals surface area contributed by atoms with Crippen molar-refractivity contribution in [2.24, 2.45) is 17.4 Å². The fourth-order valence-corrected chi connectivity index (χ4v) is 2.61. The van der Waals surface area contributed by atoms with E-state index in [1.54, 1.807) is 13.8 Å². The highest BCUT2D eigenvalue weighted by atomic mass is 32.1. The van der Waals surface area contributed by atoms with Crippen molar-refractivity contribution in [1.29, 1.82) is 0 Å². The lowest BCUT2D eigenvalue weighted by atomic mass is 10.0. The molecule has 0 saturated heterocycles. The van der Waals surface area contributed by atoms with Gasteiger partial charge < -0.3 is 37.6 Å². The molecule has 0 aromatic heterocycles. The van der Waals surface area contributed by atoms with E-state index < -0.39 is 60.4 Å². The van der Waals surface area contributed by atoms with Crippen molar-refractivity contribution in [3.8, 4) is 0 Å². The lowest BCUT2D eigenvalue weighted by Crippen LogP contribution is -2.58. The summed E-state index contributed by atoms with van der Waals surface area (Å²) in [5.74, 6) is -4.51. The number of rotatable bonds is 14. The molecule has 0 aliphatic heterocycles. The summed E-state index contributed by atoms with van der Waals surface area (Å²) in [6, 6.07) is -4.90. The van der Waals surface area contributed by atoms with Crippen molar-refractivity contribution < 1.29 is 34.2 Å². The zero-order valence-electron chi connectivity index (χ0n) is 17.0. The van der Waals surface area contributed by atoms with Crippen molar-refractivity contribution in [3.05, 3.63) is 0 Å². The first-order chi connectivity index (χ1) is 13.9. The van der Waals surface area contributed by atoms with Crippen LogP contribution in [0.5, 0.6) is 0 Å². The number of hydrogen-bond donors (Lipinski definition) is 8. The topological polar surface area (TPSA) is 214 Å². The fourth-order valence-electron chi connectivity index (χ4n) is 2.35. The molecule has 4 unspecified atom stereocenters. The summed E-state index contributed by atoms with van der Waals surface area (Å²) in [4.78, 5) is 59.2. The quantitative estimate of drug-likeness (QED) is 0.128. The third-order valence-electron chi connectivity index (χ3n) is 3.98. The van der Waals surface area contributed by atoms with Crippen LogP contribution in [-0.2, 0) is 24.0 Å². The molecule has 0 bridgehead atoms. The van der Waals surface area contributed by atoms with E-state index in [0.29, 0.717) is 0 Å². The minimum Gasteiger partial charge on any atom is -0.480 e. The van der Waals surface area contributed by atoms with Crippen molar-refractivity contribution >= 4 is 42.2 Å². The molecule has 13 heteroatoms. The Morgan fingerprint density at radius 1 is 0.933 bits per heavy atom. The Balaban J connectivity index is 5.24. The predicted octanol–water partition coefficient (Wildman–Crippen LogP) is -2.91. The summed E-state index contributed by atoms with van der Waals surface area (Å²) in [7, 11) is 0. The highest BCUT2D eigenvalue weighted by Crippen LogP contribution is 2.06. The monoisotopic (exact) mass is 449 g/mol. The summed E-state index contributed by atoms with van der Waals surface area (Å²) in [5, 5.41) is 25.2. The van der Waals surface area contributed by atoms with Crippen LogP contribution in [0, 0.1) is 5.92 Å². The molecular formula is C17H31N5O7S. The predicted molar refractivity (Wildman–Crippen MR) is 110 cm³/mol. The number of nitrogens with two attached hydrogens (primary N) is 2. The van der Waals surface area contributed by atoms with Gasteiger partial charge in [-0.25, -0.2) is 4.79 Å². The molecule has 0 aliphatic rings. The van der Waals surface area contributed by atoms with E-state index in [1.807, 2.05) is 0 Å². The van der Waals surface area contributed by atoms with E-state index in [9.17, 15) is 29.1 Å². The average Bonchev–Trinajstić information content (AvgIpc) is 2.66. The number of hydrogen-bond acceptors (Lipinski definition) is 8. The number of carbonyl (C=O) groups excluding carboxylic acids is 4. The van der Waals surface area contributed by atoms with Crippen LogP contribution in [0.15, 0.2) is 0 Å². The lowest BCUT2D eigenvalue weighted by molar-refractivity contribution is -0.142. The number of primary amides is 1. The van der Waals surface area contributed by atoms with Crippen LogP contribution in [0.3, 0.4) is 0 Å². The minimum atomic E-state index is -1.29. The molecule has 12 nitrogen and oxygen atoms in total. The van der Waals surface area contributed by atoms with Gasteiger partial charge in [0.2, 0.25) is 23.6 Å². The molecule has 4 amide bonds. The SMILES string of the molecule is CC(C)CC(NC(=O)C(CS)NC(=O)C(CCC(N)=O)NC(=O)C(N)CO)C(=O)O.